The second-order valence-corrected chi connectivity index (χ2v) is 7.14. The Morgan fingerprint density at radius 1 is 1.50 bits per heavy atom. The molecule has 0 aliphatic heterocycles. The van der Waals surface area contributed by atoms with Crippen molar-refractivity contribution in [3.63, 3.8) is 0 Å². The van der Waals surface area contributed by atoms with Crippen LogP contribution in [-0.2, 0) is 13.8 Å². The molecular formula is C11H12BrClFNO4S. The average molecular weight is 389 g/mol. The number of methoxy groups -OCH3 is 1. The summed E-state index contributed by atoms with van der Waals surface area (Å²) in [5, 5.41) is 2.52. The molecule has 1 N–H and O–H groups in total. The van der Waals surface area contributed by atoms with Crippen LogP contribution in [0.4, 0.5) is 4.39 Å². The van der Waals surface area contributed by atoms with Crippen molar-refractivity contribution < 1.29 is 22.3 Å². The number of carbonyl (C=O) groups excluding carboxylic acids is 1. The van der Waals surface area contributed by atoms with Crippen LogP contribution in [0.5, 0.6) is 0 Å². The van der Waals surface area contributed by atoms with Crippen LogP contribution in [-0.4, -0.2) is 34.6 Å². The van der Waals surface area contributed by atoms with Gasteiger partial charge in [0.25, 0.3) is 15.0 Å². The Labute approximate surface area is 129 Å². The molecule has 0 saturated heterocycles. The van der Waals surface area contributed by atoms with Gasteiger partial charge in [0.1, 0.15) is 10.7 Å². The van der Waals surface area contributed by atoms with Crippen molar-refractivity contribution in [3.8, 4) is 0 Å². The fourth-order valence-corrected chi connectivity index (χ4v) is 3.49. The lowest BCUT2D eigenvalue weighted by Crippen LogP contribution is -2.25. The van der Waals surface area contributed by atoms with Crippen LogP contribution in [0.25, 0.3) is 0 Å². The van der Waals surface area contributed by atoms with Crippen molar-refractivity contribution in [1.82, 2.24) is 5.32 Å². The van der Waals surface area contributed by atoms with Crippen LogP contribution in [0.1, 0.15) is 16.8 Å². The lowest BCUT2D eigenvalue weighted by atomic mass is 10.2. The highest BCUT2D eigenvalue weighted by atomic mass is 79.9. The monoisotopic (exact) mass is 387 g/mol. The molecule has 0 aliphatic carbocycles. The molecule has 1 aromatic rings. The molecule has 0 bridgehead atoms. The molecule has 0 aromatic heterocycles. The Morgan fingerprint density at radius 2 is 2.15 bits per heavy atom. The molecule has 0 unspecified atom stereocenters. The molecule has 0 spiro atoms. The number of benzene rings is 1. The first kappa shape index (κ1) is 17.4. The number of hydrogen-bond acceptors (Lipinski definition) is 4. The van der Waals surface area contributed by atoms with Crippen LogP contribution in [0.15, 0.2) is 21.5 Å². The van der Waals surface area contributed by atoms with Gasteiger partial charge in [-0.15, -0.1) is 0 Å². The number of carbonyl (C=O) groups is 1. The maximum absolute atomic E-state index is 13.6. The molecule has 9 heteroatoms. The Hall–Kier alpha value is -0.700. The summed E-state index contributed by atoms with van der Waals surface area (Å²) in [7, 11) is 2.56. The first-order valence-corrected chi connectivity index (χ1v) is 8.58. The minimum atomic E-state index is -4.16. The molecule has 112 valence electrons. The van der Waals surface area contributed by atoms with Crippen LogP contribution in [0.3, 0.4) is 0 Å². The van der Waals surface area contributed by atoms with Gasteiger partial charge in [-0.05, 0) is 34.5 Å². The minimum absolute atomic E-state index is 0.123. The first-order valence-electron chi connectivity index (χ1n) is 5.48. The SMILES string of the molecule is COCCCNC(=O)c1cc(F)c(Br)c(S(=O)(=O)Cl)c1. The number of rotatable bonds is 6. The summed E-state index contributed by atoms with van der Waals surface area (Å²) >= 11 is 2.79. The molecule has 0 fully saturated rings. The predicted molar refractivity (Wildman–Crippen MR) is 76.0 cm³/mol. The topological polar surface area (TPSA) is 72.5 Å². The summed E-state index contributed by atoms with van der Waals surface area (Å²) in [6.07, 6.45) is 0.585. The van der Waals surface area contributed by atoms with E-state index < -0.39 is 25.7 Å². The molecule has 1 rings (SSSR count). The largest absolute Gasteiger partial charge is 0.385 e. The average Bonchev–Trinajstić information content (AvgIpc) is 2.36. The highest BCUT2D eigenvalue weighted by Gasteiger charge is 2.21. The Bertz CT molecular complexity index is 609. The number of ether oxygens (including phenoxy) is 1. The van der Waals surface area contributed by atoms with E-state index in [1.807, 2.05) is 0 Å². The van der Waals surface area contributed by atoms with Crippen LogP contribution >= 0.6 is 26.6 Å². The normalized spacial score (nSPS) is 11.4. The summed E-state index contributed by atoms with van der Waals surface area (Å²) in [4.78, 5) is 11.3. The third kappa shape index (κ3) is 4.69. The summed E-state index contributed by atoms with van der Waals surface area (Å²) in [5.41, 5.74) is -0.123. The van der Waals surface area contributed by atoms with Gasteiger partial charge in [0, 0.05) is 36.5 Å². The van der Waals surface area contributed by atoms with E-state index in [1.54, 1.807) is 0 Å². The zero-order chi connectivity index (χ0) is 15.3. The minimum Gasteiger partial charge on any atom is -0.385 e. The van der Waals surface area contributed by atoms with Gasteiger partial charge < -0.3 is 10.1 Å². The molecular weight excluding hydrogens is 377 g/mol. The van der Waals surface area contributed by atoms with E-state index in [0.717, 1.165) is 12.1 Å². The number of halogens is 3. The zero-order valence-corrected chi connectivity index (χ0v) is 13.6. The highest BCUT2D eigenvalue weighted by molar-refractivity contribution is 9.10. The summed E-state index contributed by atoms with van der Waals surface area (Å²) in [6, 6.07) is 1.95. The van der Waals surface area contributed by atoms with Gasteiger partial charge in [-0.3, -0.25) is 4.79 Å². The van der Waals surface area contributed by atoms with E-state index in [-0.39, 0.29) is 10.0 Å². The van der Waals surface area contributed by atoms with Crippen molar-refractivity contribution in [2.75, 3.05) is 20.3 Å². The lowest BCUT2D eigenvalue weighted by molar-refractivity contribution is 0.0948. The second kappa shape index (κ2) is 7.35. The number of hydrogen-bond donors (Lipinski definition) is 1. The quantitative estimate of drug-likeness (QED) is 0.599. The molecule has 20 heavy (non-hydrogen) atoms. The molecule has 5 nitrogen and oxygen atoms in total. The van der Waals surface area contributed by atoms with Crippen LogP contribution in [0, 0.1) is 5.82 Å². The molecule has 1 amide bonds. The Kier molecular flexibility index (Phi) is 6.38. The van der Waals surface area contributed by atoms with Crippen molar-refractivity contribution in [3.05, 3.63) is 28.0 Å². The molecule has 0 saturated carbocycles. The first-order chi connectivity index (χ1) is 9.27. The smallest absolute Gasteiger partial charge is 0.262 e. The molecule has 0 heterocycles. The Morgan fingerprint density at radius 3 is 2.70 bits per heavy atom. The van der Waals surface area contributed by atoms with Crippen molar-refractivity contribution >= 4 is 41.6 Å². The maximum Gasteiger partial charge on any atom is 0.262 e. The lowest BCUT2D eigenvalue weighted by Gasteiger charge is -2.08. The molecule has 0 aliphatic rings. The van der Waals surface area contributed by atoms with Gasteiger partial charge in [0.2, 0.25) is 0 Å². The number of nitrogens with one attached hydrogen (secondary N) is 1. The van der Waals surface area contributed by atoms with Gasteiger partial charge in [-0.2, -0.15) is 0 Å². The fraction of sp³-hybridized carbons (Fsp3) is 0.364. The molecule has 0 atom stereocenters. The maximum atomic E-state index is 13.6. The third-order valence-electron chi connectivity index (χ3n) is 2.33. The predicted octanol–water partition coefficient (Wildman–Crippen LogP) is 2.28. The van der Waals surface area contributed by atoms with Crippen molar-refractivity contribution in [1.29, 1.82) is 0 Å². The van der Waals surface area contributed by atoms with Gasteiger partial charge in [-0.25, -0.2) is 12.8 Å². The second-order valence-electron chi connectivity index (χ2n) is 3.81. The van der Waals surface area contributed by atoms with Crippen molar-refractivity contribution in [2.45, 2.75) is 11.3 Å². The highest BCUT2D eigenvalue weighted by Crippen LogP contribution is 2.29. The van der Waals surface area contributed by atoms with E-state index >= 15 is 0 Å². The van der Waals surface area contributed by atoms with E-state index in [2.05, 4.69) is 21.2 Å². The molecule has 0 radical (unpaired) electrons. The summed E-state index contributed by atoms with van der Waals surface area (Å²) < 4.78 is 40.7. The summed E-state index contributed by atoms with van der Waals surface area (Å²) in [5.74, 6) is -1.47. The van der Waals surface area contributed by atoms with Crippen LogP contribution in [0.2, 0.25) is 0 Å². The standard InChI is InChI=1S/C11H12BrClFNO4S/c1-19-4-2-3-15-11(16)7-5-8(14)10(12)9(6-7)20(13,17)18/h5-6H,2-4H2,1H3,(H,15,16). The van der Waals surface area contributed by atoms with Gasteiger partial charge in [0.05, 0.1) is 4.47 Å². The van der Waals surface area contributed by atoms with E-state index in [4.69, 9.17) is 15.4 Å². The Balaban J connectivity index is 2.97. The molecule has 1 aromatic carbocycles. The van der Waals surface area contributed by atoms with E-state index in [9.17, 15) is 17.6 Å². The third-order valence-corrected chi connectivity index (χ3v) is 4.74. The van der Waals surface area contributed by atoms with Gasteiger partial charge in [-0.1, -0.05) is 0 Å². The fourth-order valence-electron chi connectivity index (χ4n) is 1.39. The number of amides is 1. The van der Waals surface area contributed by atoms with Crippen molar-refractivity contribution in [2.24, 2.45) is 0 Å². The van der Waals surface area contributed by atoms with Crippen LogP contribution < -0.4 is 5.32 Å². The van der Waals surface area contributed by atoms with E-state index in [0.29, 0.717) is 19.6 Å². The van der Waals surface area contributed by atoms with E-state index in [1.165, 1.54) is 7.11 Å². The zero-order valence-electron chi connectivity index (χ0n) is 10.5. The van der Waals surface area contributed by atoms with Gasteiger partial charge in [0.15, 0.2) is 0 Å². The van der Waals surface area contributed by atoms with Gasteiger partial charge >= 0.3 is 0 Å². The summed E-state index contributed by atoms with van der Waals surface area (Å²) in [6.45, 7) is 0.795.